The van der Waals surface area contributed by atoms with Crippen molar-refractivity contribution in [3.63, 3.8) is 0 Å². The predicted molar refractivity (Wildman–Crippen MR) is 75.7 cm³/mol. The average Bonchev–Trinajstić information content (AvgIpc) is 2.74. The Morgan fingerprint density at radius 2 is 1.35 bits per heavy atom. The molecule has 0 bridgehead atoms. The van der Waals surface area contributed by atoms with Gasteiger partial charge in [0, 0.05) is 45.8 Å². The van der Waals surface area contributed by atoms with Crippen LogP contribution < -0.4 is 0 Å². The molecule has 1 N–H and O–H groups in total. The van der Waals surface area contributed by atoms with Crippen LogP contribution in [0.5, 0.6) is 0 Å². The van der Waals surface area contributed by atoms with Crippen molar-refractivity contribution in [2.45, 2.75) is 32.1 Å². The van der Waals surface area contributed by atoms with E-state index in [1.165, 1.54) is 12.8 Å². The van der Waals surface area contributed by atoms with Crippen molar-refractivity contribution >= 4 is 12.0 Å². The van der Waals surface area contributed by atoms with E-state index in [4.69, 9.17) is 5.11 Å². The molecule has 2 fully saturated rings. The van der Waals surface area contributed by atoms with Gasteiger partial charge in [0.2, 0.25) is 0 Å². The fourth-order valence-corrected chi connectivity index (χ4v) is 2.88. The van der Waals surface area contributed by atoms with E-state index in [0.717, 1.165) is 52.1 Å². The number of carbonyl (C=O) groups excluding carboxylic acids is 1. The maximum absolute atomic E-state index is 12.4. The quantitative estimate of drug-likeness (QED) is 0.841. The molecule has 6 nitrogen and oxygen atoms in total. The van der Waals surface area contributed by atoms with Gasteiger partial charge in [-0.05, 0) is 12.8 Å². The van der Waals surface area contributed by atoms with Crippen LogP contribution in [-0.2, 0) is 4.79 Å². The monoisotopic (exact) mass is 283 g/mol. The number of nitrogens with zero attached hydrogens (tertiary/aromatic N) is 3. The van der Waals surface area contributed by atoms with E-state index in [-0.39, 0.29) is 12.5 Å². The third kappa shape index (κ3) is 4.37. The molecule has 0 radical (unpaired) electrons. The first-order valence-electron chi connectivity index (χ1n) is 7.65. The highest BCUT2D eigenvalue weighted by Crippen LogP contribution is 2.13. The summed E-state index contributed by atoms with van der Waals surface area (Å²) in [6.45, 7) is 5.36. The summed E-state index contributed by atoms with van der Waals surface area (Å²) in [4.78, 5) is 29.0. The van der Waals surface area contributed by atoms with Crippen molar-refractivity contribution in [3.05, 3.63) is 0 Å². The van der Waals surface area contributed by atoms with Crippen molar-refractivity contribution in [2.75, 3.05) is 45.8 Å². The van der Waals surface area contributed by atoms with Gasteiger partial charge in [0.15, 0.2) is 0 Å². The van der Waals surface area contributed by atoms with Gasteiger partial charge in [0.1, 0.15) is 0 Å². The summed E-state index contributed by atoms with van der Waals surface area (Å²) in [6.07, 6.45) is 4.87. The van der Waals surface area contributed by atoms with Gasteiger partial charge in [-0.2, -0.15) is 0 Å². The third-order valence-corrected chi connectivity index (χ3v) is 4.16. The molecule has 2 amide bonds. The Bertz CT molecular complexity index is 333. The summed E-state index contributed by atoms with van der Waals surface area (Å²) >= 11 is 0. The molecule has 2 heterocycles. The van der Waals surface area contributed by atoms with Crippen LogP contribution >= 0.6 is 0 Å². The molecule has 0 unspecified atom stereocenters. The maximum atomic E-state index is 12.4. The zero-order valence-corrected chi connectivity index (χ0v) is 12.1. The second-order valence-electron chi connectivity index (χ2n) is 5.66. The minimum Gasteiger partial charge on any atom is -0.481 e. The highest BCUT2D eigenvalue weighted by molar-refractivity contribution is 5.74. The second kappa shape index (κ2) is 7.47. The molecule has 0 aliphatic carbocycles. The molecule has 2 saturated heterocycles. The second-order valence-corrected chi connectivity index (χ2v) is 5.66. The smallest absolute Gasteiger partial charge is 0.320 e. The Morgan fingerprint density at radius 3 is 1.90 bits per heavy atom. The molecular weight excluding hydrogens is 258 g/mol. The molecule has 2 rings (SSSR count). The van der Waals surface area contributed by atoms with Crippen LogP contribution in [0.1, 0.15) is 32.1 Å². The summed E-state index contributed by atoms with van der Waals surface area (Å²) in [5.41, 5.74) is 0. The first-order chi connectivity index (χ1) is 9.66. The number of amides is 2. The highest BCUT2D eigenvalue weighted by atomic mass is 16.4. The van der Waals surface area contributed by atoms with Crippen LogP contribution in [0.2, 0.25) is 0 Å². The Morgan fingerprint density at radius 1 is 0.800 bits per heavy atom. The predicted octanol–water partition coefficient (Wildman–Crippen LogP) is 1.07. The highest BCUT2D eigenvalue weighted by Gasteiger charge is 2.25. The van der Waals surface area contributed by atoms with Gasteiger partial charge in [-0.25, -0.2) is 4.79 Å². The minimum atomic E-state index is -0.756. The van der Waals surface area contributed by atoms with E-state index in [9.17, 15) is 9.59 Å². The van der Waals surface area contributed by atoms with Gasteiger partial charge in [-0.3, -0.25) is 9.69 Å². The molecule has 0 aromatic carbocycles. The van der Waals surface area contributed by atoms with Crippen molar-refractivity contribution in [3.8, 4) is 0 Å². The van der Waals surface area contributed by atoms with Crippen LogP contribution in [0, 0.1) is 0 Å². The number of piperazine rings is 1. The third-order valence-electron chi connectivity index (χ3n) is 4.16. The summed E-state index contributed by atoms with van der Waals surface area (Å²) in [5.74, 6) is -0.756. The molecule has 2 aliphatic rings. The van der Waals surface area contributed by atoms with Gasteiger partial charge in [-0.1, -0.05) is 12.8 Å². The molecule has 20 heavy (non-hydrogen) atoms. The molecule has 6 heteroatoms. The van der Waals surface area contributed by atoms with Crippen LogP contribution in [0.15, 0.2) is 0 Å². The fourth-order valence-electron chi connectivity index (χ4n) is 2.88. The zero-order chi connectivity index (χ0) is 14.4. The molecule has 0 saturated carbocycles. The van der Waals surface area contributed by atoms with E-state index in [1.54, 1.807) is 0 Å². The van der Waals surface area contributed by atoms with Crippen molar-refractivity contribution in [1.82, 2.24) is 14.7 Å². The number of rotatable bonds is 3. The zero-order valence-electron chi connectivity index (χ0n) is 12.1. The first kappa shape index (κ1) is 15.1. The molecule has 0 aromatic heterocycles. The summed E-state index contributed by atoms with van der Waals surface area (Å²) in [5, 5.41) is 8.68. The number of hydrogen-bond acceptors (Lipinski definition) is 3. The van der Waals surface area contributed by atoms with E-state index in [0.29, 0.717) is 6.54 Å². The van der Waals surface area contributed by atoms with E-state index in [2.05, 4.69) is 4.90 Å². The van der Waals surface area contributed by atoms with Crippen LogP contribution in [-0.4, -0.2) is 77.6 Å². The number of carbonyl (C=O) groups is 2. The Kier molecular flexibility index (Phi) is 5.64. The van der Waals surface area contributed by atoms with Gasteiger partial charge in [-0.15, -0.1) is 0 Å². The molecule has 0 spiro atoms. The van der Waals surface area contributed by atoms with Gasteiger partial charge in [0.05, 0.1) is 6.42 Å². The average molecular weight is 283 g/mol. The van der Waals surface area contributed by atoms with E-state index < -0.39 is 5.97 Å². The summed E-state index contributed by atoms with van der Waals surface area (Å²) in [6, 6.07) is 0.171. The van der Waals surface area contributed by atoms with E-state index >= 15 is 0 Å². The molecule has 0 atom stereocenters. The summed E-state index contributed by atoms with van der Waals surface area (Å²) < 4.78 is 0. The Labute approximate surface area is 120 Å². The largest absolute Gasteiger partial charge is 0.481 e. The first-order valence-corrected chi connectivity index (χ1v) is 7.65. The lowest BCUT2D eigenvalue weighted by Gasteiger charge is -2.37. The lowest BCUT2D eigenvalue weighted by molar-refractivity contribution is -0.137. The lowest BCUT2D eigenvalue weighted by atomic mass is 10.2. The van der Waals surface area contributed by atoms with Crippen molar-refractivity contribution in [2.24, 2.45) is 0 Å². The van der Waals surface area contributed by atoms with Crippen LogP contribution in [0.3, 0.4) is 0 Å². The molecular formula is C14H25N3O3. The van der Waals surface area contributed by atoms with Crippen molar-refractivity contribution in [1.29, 1.82) is 0 Å². The maximum Gasteiger partial charge on any atom is 0.320 e. The Balaban J connectivity index is 1.74. The number of urea groups is 1. The molecule has 114 valence electrons. The number of likely N-dealkylation sites (tertiary alicyclic amines) is 1. The van der Waals surface area contributed by atoms with Crippen molar-refractivity contribution < 1.29 is 14.7 Å². The van der Waals surface area contributed by atoms with Crippen LogP contribution in [0.25, 0.3) is 0 Å². The number of hydrogen-bond donors (Lipinski definition) is 1. The molecule has 0 aromatic rings. The standard InChI is InChI=1S/C14H25N3O3/c18-13(19)5-8-15-9-11-17(12-10-15)14(20)16-6-3-1-2-4-7-16/h1-12H2,(H,18,19). The number of carboxylic acid groups (broad SMARTS) is 1. The number of carboxylic acids is 1. The Hall–Kier alpha value is -1.30. The van der Waals surface area contributed by atoms with Crippen LogP contribution in [0.4, 0.5) is 4.79 Å². The number of aliphatic carboxylic acids is 1. The topological polar surface area (TPSA) is 64.1 Å². The van der Waals surface area contributed by atoms with Gasteiger partial charge < -0.3 is 14.9 Å². The molecule has 2 aliphatic heterocycles. The SMILES string of the molecule is O=C(O)CCN1CCN(C(=O)N2CCCCCC2)CC1. The van der Waals surface area contributed by atoms with E-state index in [1.807, 2.05) is 9.80 Å². The normalized spacial score (nSPS) is 21.6. The minimum absolute atomic E-state index is 0.171. The lowest BCUT2D eigenvalue weighted by Crippen LogP contribution is -2.53. The van der Waals surface area contributed by atoms with Gasteiger partial charge in [0.25, 0.3) is 0 Å². The fraction of sp³-hybridized carbons (Fsp3) is 0.857. The summed E-state index contributed by atoms with van der Waals surface area (Å²) in [7, 11) is 0. The van der Waals surface area contributed by atoms with Gasteiger partial charge >= 0.3 is 12.0 Å².